The van der Waals surface area contributed by atoms with Crippen molar-refractivity contribution >= 4 is 11.0 Å². The van der Waals surface area contributed by atoms with Gasteiger partial charge in [-0.2, -0.15) is 0 Å². The molecule has 1 aromatic carbocycles. The van der Waals surface area contributed by atoms with E-state index in [1.54, 1.807) is 7.11 Å². The molecule has 1 heterocycles. The highest BCUT2D eigenvalue weighted by molar-refractivity contribution is 5.83. The van der Waals surface area contributed by atoms with Crippen LogP contribution in [-0.2, 0) is 0 Å². The molecular formula is C16H23NO2. The van der Waals surface area contributed by atoms with E-state index < -0.39 is 0 Å². The summed E-state index contributed by atoms with van der Waals surface area (Å²) >= 11 is 0. The lowest BCUT2D eigenvalue weighted by molar-refractivity contribution is 0.340. The lowest BCUT2D eigenvalue weighted by Gasteiger charge is -2.21. The highest BCUT2D eigenvalue weighted by atomic mass is 16.5. The van der Waals surface area contributed by atoms with Crippen molar-refractivity contribution in [2.75, 3.05) is 13.7 Å². The van der Waals surface area contributed by atoms with Crippen molar-refractivity contribution in [2.24, 2.45) is 5.41 Å². The van der Waals surface area contributed by atoms with Gasteiger partial charge < -0.3 is 14.5 Å². The van der Waals surface area contributed by atoms with E-state index in [4.69, 9.17) is 9.15 Å². The molecule has 0 spiro atoms. The van der Waals surface area contributed by atoms with Crippen LogP contribution in [0.25, 0.3) is 11.0 Å². The maximum atomic E-state index is 5.93. The van der Waals surface area contributed by atoms with Crippen LogP contribution in [0.1, 0.15) is 39.5 Å². The molecule has 0 saturated heterocycles. The summed E-state index contributed by atoms with van der Waals surface area (Å²) in [6.07, 6.45) is 0. The zero-order valence-corrected chi connectivity index (χ0v) is 12.4. The van der Waals surface area contributed by atoms with Crippen LogP contribution < -0.4 is 10.1 Å². The number of furan rings is 1. The highest BCUT2D eigenvalue weighted by Crippen LogP contribution is 2.31. The monoisotopic (exact) mass is 261 g/mol. The quantitative estimate of drug-likeness (QED) is 0.898. The molecule has 2 aromatic rings. The first-order valence-electron chi connectivity index (χ1n) is 6.70. The minimum Gasteiger partial charge on any atom is -0.493 e. The number of methoxy groups -OCH3 is 1. The molecule has 2 rings (SSSR count). The molecule has 0 fully saturated rings. The first kappa shape index (κ1) is 13.9. The SMILES string of the molecule is COc1cccc2cc(C(C)NCC(C)(C)C)oc12. The number of nitrogens with one attached hydrogen (secondary N) is 1. The molecular weight excluding hydrogens is 238 g/mol. The molecule has 0 aliphatic heterocycles. The van der Waals surface area contributed by atoms with Crippen LogP contribution >= 0.6 is 0 Å². The molecule has 0 amide bonds. The minimum absolute atomic E-state index is 0.191. The number of hydrogen-bond acceptors (Lipinski definition) is 3. The van der Waals surface area contributed by atoms with Crippen LogP contribution in [-0.4, -0.2) is 13.7 Å². The Balaban J connectivity index is 2.21. The molecule has 104 valence electrons. The van der Waals surface area contributed by atoms with Gasteiger partial charge in [-0.25, -0.2) is 0 Å². The van der Waals surface area contributed by atoms with Gasteiger partial charge in [0.1, 0.15) is 5.76 Å². The Morgan fingerprint density at radius 2 is 2.05 bits per heavy atom. The van der Waals surface area contributed by atoms with Crippen LogP contribution in [0.4, 0.5) is 0 Å². The van der Waals surface area contributed by atoms with Crippen LogP contribution in [0.15, 0.2) is 28.7 Å². The number of hydrogen-bond donors (Lipinski definition) is 1. The van der Waals surface area contributed by atoms with Crippen molar-refractivity contribution in [2.45, 2.75) is 33.7 Å². The van der Waals surface area contributed by atoms with E-state index in [9.17, 15) is 0 Å². The lowest BCUT2D eigenvalue weighted by atomic mass is 9.96. The van der Waals surface area contributed by atoms with E-state index in [0.717, 1.165) is 29.0 Å². The maximum absolute atomic E-state index is 5.93. The van der Waals surface area contributed by atoms with Gasteiger partial charge in [0.2, 0.25) is 0 Å². The molecule has 1 atom stereocenters. The minimum atomic E-state index is 0.191. The summed E-state index contributed by atoms with van der Waals surface area (Å²) in [5, 5.41) is 4.58. The van der Waals surface area contributed by atoms with E-state index >= 15 is 0 Å². The third-order valence-corrected chi connectivity index (χ3v) is 3.11. The average molecular weight is 261 g/mol. The van der Waals surface area contributed by atoms with Crippen molar-refractivity contribution in [3.63, 3.8) is 0 Å². The van der Waals surface area contributed by atoms with Gasteiger partial charge in [-0.1, -0.05) is 32.9 Å². The summed E-state index contributed by atoms with van der Waals surface area (Å²) in [4.78, 5) is 0. The second-order valence-electron chi connectivity index (χ2n) is 6.19. The summed E-state index contributed by atoms with van der Waals surface area (Å²) in [6, 6.07) is 8.21. The molecule has 0 radical (unpaired) electrons. The maximum Gasteiger partial charge on any atom is 0.176 e. The number of para-hydroxylation sites is 1. The molecule has 1 aromatic heterocycles. The van der Waals surface area contributed by atoms with Crippen LogP contribution in [0.5, 0.6) is 5.75 Å². The van der Waals surface area contributed by atoms with E-state index in [2.05, 4.69) is 39.1 Å². The summed E-state index contributed by atoms with van der Waals surface area (Å²) in [5.41, 5.74) is 1.09. The van der Waals surface area contributed by atoms with Crippen molar-refractivity contribution < 1.29 is 9.15 Å². The summed E-state index contributed by atoms with van der Waals surface area (Å²) in [7, 11) is 1.66. The largest absolute Gasteiger partial charge is 0.493 e. The zero-order valence-electron chi connectivity index (χ0n) is 12.4. The molecule has 0 saturated carbocycles. The van der Waals surface area contributed by atoms with Gasteiger partial charge in [-0.15, -0.1) is 0 Å². The van der Waals surface area contributed by atoms with Crippen molar-refractivity contribution in [3.8, 4) is 5.75 Å². The van der Waals surface area contributed by atoms with Gasteiger partial charge in [0.15, 0.2) is 11.3 Å². The predicted octanol–water partition coefficient (Wildman–Crippen LogP) is 4.14. The summed E-state index contributed by atoms with van der Waals surface area (Å²) < 4.78 is 11.3. The first-order valence-corrected chi connectivity index (χ1v) is 6.70. The molecule has 0 bridgehead atoms. The fourth-order valence-electron chi connectivity index (χ4n) is 1.99. The number of benzene rings is 1. The number of ether oxygens (including phenoxy) is 1. The Kier molecular flexibility index (Phi) is 3.85. The molecule has 3 heteroatoms. The third-order valence-electron chi connectivity index (χ3n) is 3.11. The van der Waals surface area contributed by atoms with Crippen molar-refractivity contribution in [1.29, 1.82) is 0 Å². The van der Waals surface area contributed by atoms with Crippen molar-refractivity contribution in [3.05, 3.63) is 30.0 Å². The van der Waals surface area contributed by atoms with Gasteiger partial charge in [0.05, 0.1) is 13.2 Å². The second kappa shape index (κ2) is 5.25. The van der Waals surface area contributed by atoms with Gasteiger partial charge in [0.25, 0.3) is 0 Å². The molecule has 1 N–H and O–H groups in total. The predicted molar refractivity (Wildman–Crippen MR) is 78.6 cm³/mol. The van der Waals surface area contributed by atoms with Gasteiger partial charge in [0, 0.05) is 11.9 Å². The average Bonchev–Trinajstić information content (AvgIpc) is 2.78. The Morgan fingerprint density at radius 1 is 1.32 bits per heavy atom. The Morgan fingerprint density at radius 3 is 2.68 bits per heavy atom. The van der Waals surface area contributed by atoms with Gasteiger partial charge in [-0.05, 0) is 24.5 Å². The zero-order chi connectivity index (χ0) is 14.0. The topological polar surface area (TPSA) is 34.4 Å². The fraction of sp³-hybridized carbons (Fsp3) is 0.500. The molecule has 0 aliphatic carbocycles. The number of fused-ring (bicyclic) bond motifs is 1. The Bertz CT molecular complexity index is 551. The van der Waals surface area contributed by atoms with E-state index in [-0.39, 0.29) is 11.5 Å². The Hall–Kier alpha value is -1.48. The molecule has 3 nitrogen and oxygen atoms in total. The summed E-state index contributed by atoms with van der Waals surface area (Å²) in [5.74, 6) is 1.73. The highest BCUT2D eigenvalue weighted by Gasteiger charge is 2.16. The third kappa shape index (κ3) is 3.29. The van der Waals surface area contributed by atoms with Gasteiger partial charge in [-0.3, -0.25) is 0 Å². The number of rotatable bonds is 4. The lowest BCUT2D eigenvalue weighted by Crippen LogP contribution is -2.28. The van der Waals surface area contributed by atoms with Crippen LogP contribution in [0.3, 0.4) is 0 Å². The van der Waals surface area contributed by atoms with E-state index in [1.807, 2.05) is 18.2 Å². The fourth-order valence-corrected chi connectivity index (χ4v) is 1.99. The molecule has 19 heavy (non-hydrogen) atoms. The normalized spacial score (nSPS) is 13.7. The van der Waals surface area contributed by atoms with Crippen molar-refractivity contribution in [1.82, 2.24) is 5.32 Å². The van der Waals surface area contributed by atoms with Crippen LogP contribution in [0.2, 0.25) is 0 Å². The van der Waals surface area contributed by atoms with Crippen LogP contribution in [0, 0.1) is 5.41 Å². The molecule has 0 aliphatic rings. The van der Waals surface area contributed by atoms with Gasteiger partial charge >= 0.3 is 0 Å². The molecule has 1 unspecified atom stereocenters. The first-order chi connectivity index (χ1) is 8.90. The smallest absolute Gasteiger partial charge is 0.176 e. The Labute approximate surface area is 114 Å². The van der Waals surface area contributed by atoms with E-state index in [1.165, 1.54) is 0 Å². The summed E-state index contributed by atoms with van der Waals surface area (Å²) in [6.45, 7) is 9.72. The standard InChI is InChI=1S/C16H23NO2/c1-11(17-10-16(2,3)4)14-9-12-7-6-8-13(18-5)15(12)19-14/h6-9,11,17H,10H2,1-5H3. The van der Waals surface area contributed by atoms with E-state index in [0.29, 0.717) is 0 Å². The second-order valence-corrected chi connectivity index (χ2v) is 6.19.